The Morgan fingerprint density at radius 2 is 1.62 bits per heavy atom. The highest BCUT2D eigenvalue weighted by Crippen LogP contribution is 2.30. The molecule has 0 spiro atoms. The average molecular weight is 582 g/mol. The predicted molar refractivity (Wildman–Crippen MR) is 158 cm³/mol. The van der Waals surface area contributed by atoms with Crippen LogP contribution in [0.5, 0.6) is 11.5 Å². The Hall–Kier alpha value is -4.01. The van der Waals surface area contributed by atoms with Crippen LogP contribution in [-0.2, 0) is 4.79 Å². The number of hydrogen-bond acceptors (Lipinski definition) is 5. The highest BCUT2D eigenvalue weighted by atomic mass is 35.5. The summed E-state index contributed by atoms with van der Waals surface area (Å²) in [4.78, 5) is 32.9. The number of halogens is 2. The minimum absolute atomic E-state index is 0.127. The molecule has 1 aromatic heterocycles. The van der Waals surface area contributed by atoms with Crippen LogP contribution in [0.1, 0.15) is 24.2 Å². The molecule has 0 atom stereocenters. The molecule has 0 aliphatic heterocycles. The van der Waals surface area contributed by atoms with Crippen LogP contribution in [0.3, 0.4) is 0 Å². The lowest BCUT2D eigenvalue weighted by atomic mass is 10.1. The maximum absolute atomic E-state index is 13.4. The SMILES string of the molecule is COc1cc(OC)cc(-n2cc(-c3ccc(Cl)cc3)nc2NC(=O)CN(CC(C)C)C(=O)c2ccccc2Cl)c1. The van der Waals surface area contributed by atoms with Gasteiger partial charge in [-0.2, -0.15) is 0 Å². The molecule has 0 aliphatic rings. The molecule has 0 fully saturated rings. The first-order chi connectivity index (χ1) is 19.2. The van der Waals surface area contributed by atoms with Crippen molar-refractivity contribution in [3.8, 4) is 28.4 Å². The normalized spacial score (nSPS) is 10.9. The molecule has 208 valence electrons. The molecule has 0 unspecified atom stereocenters. The van der Waals surface area contributed by atoms with Crippen molar-refractivity contribution in [2.45, 2.75) is 13.8 Å². The van der Waals surface area contributed by atoms with Crippen molar-refractivity contribution in [1.82, 2.24) is 14.5 Å². The summed E-state index contributed by atoms with van der Waals surface area (Å²) in [6, 6.07) is 19.4. The molecule has 4 aromatic rings. The fraction of sp³-hybridized carbons (Fsp3) is 0.233. The number of hydrogen-bond donors (Lipinski definition) is 1. The molecule has 2 amide bonds. The van der Waals surface area contributed by atoms with Crippen molar-refractivity contribution < 1.29 is 19.1 Å². The van der Waals surface area contributed by atoms with E-state index in [2.05, 4.69) is 5.32 Å². The number of ether oxygens (including phenoxy) is 2. The van der Waals surface area contributed by atoms with Gasteiger partial charge in [-0.15, -0.1) is 0 Å². The summed E-state index contributed by atoms with van der Waals surface area (Å²) < 4.78 is 12.6. The number of rotatable bonds is 10. The van der Waals surface area contributed by atoms with Crippen molar-refractivity contribution in [1.29, 1.82) is 0 Å². The summed E-state index contributed by atoms with van der Waals surface area (Å²) in [6.45, 7) is 4.14. The Kier molecular flexibility index (Phi) is 9.34. The van der Waals surface area contributed by atoms with E-state index in [-0.39, 0.29) is 24.3 Å². The number of carbonyl (C=O) groups is 2. The molecular weight excluding hydrogens is 551 g/mol. The first-order valence-electron chi connectivity index (χ1n) is 12.6. The number of nitrogens with one attached hydrogen (secondary N) is 1. The molecule has 4 rings (SSSR count). The zero-order valence-electron chi connectivity index (χ0n) is 22.7. The smallest absolute Gasteiger partial charge is 0.255 e. The number of imidazole rings is 1. The number of methoxy groups -OCH3 is 2. The van der Waals surface area contributed by atoms with Crippen molar-refractivity contribution in [3.63, 3.8) is 0 Å². The third-order valence-electron chi connectivity index (χ3n) is 6.02. The van der Waals surface area contributed by atoms with Gasteiger partial charge >= 0.3 is 0 Å². The third-order valence-corrected chi connectivity index (χ3v) is 6.60. The fourth-order valence-corrected chi connectivity index (χ4v) is 4.50. The Balaban J connectivity index is 1.69. The average Bonchev–Trinajstić information content (AvgIpc) is 3.35. The van der Waals surface area contributed by atoms with E-state index in [0.717, 1.165) is 5.56 Å². The topological polar surface area (TPSA) is 85.7 Å². The van der Waals surface area contributed by atoms with Gasteiger partial charge in [0.05, 0.1) is 36.2 Å². The molecule has 40 heavy (non-hydrogen) atoms. The van der Waals surface area contributed by atoms with Gasteiger partial charge < -0.3 is 14.4 Å². The predicted octanol–water partition coefficient (Wildman–Crippen LogP) is 6.60. The zero-order chi connectivity index (χ0) is 28.8. The molecule has 0 aliphatic carbocycles. The fourth-order valence-electron chi connectivity index (χ4n) is 4.16. The van der Waals surface area contributed by atoms with Crippen LogP contribution >= 0.6 is 23.2 Å². The third kappa shape index (κ3) is 6.94. The lowest BCUT2D eigenvalue weighted by Gasteiger charge is -2.24. The lowest BCUT2D eigenvalue weighted by Crippen LogP contribution is -2.40. The van der Waals surface area contributed by atoms with Crippen molar-refractivity contribution in [2.75, 3.05) is 32.6 Å². The van der Waals surface area contributed by atoms with Gasteiger partial charge in [-0.3, -0.25) is 19.5 Å². The van der Waals surface area contributed by atoms with Crippen LogP contribution in [0.4, 0.5) is 5.95 Å². The molecule has 0 saturated carbocycles. The molecular formula is C30H30Cl2N4O4. The minimum Gasteiger partial charge on any atom is -0.497 e. The number of nitrogens with zero attached hydrogens (tertiary/aromatic N) is 3. The molecule has 0 saturated heterocycles. The van der Waals surface area contributed by atoms with Gasteiger partial charge in [0, 0.05) is 41.5 Å². The van der Waals surface area contributed by atoms with Gasteiger partial charge in [-0.25, -0.2) is 4.98 Å². The second-order valence-electron chi connectivity index (χ2n) is 9.51. The van der Waals surface area contributed by atoms with Gasteiger partial charge in [0.15, 0.2) is 0 Å². The van der Waals surface area contributed by atoms with Gasteiger partial charge in [-0.1, -0.05) is 61.3 Å². The second kappa shape index (κ2) is 12.9. The van der Waals surface area contributed by atoms with Crippen LogP contribution in [0.15, 0.2) is 72.9 Å². The quantitative estimate of drug-likeness (QED) is 0.228. The van der Waals surface area contributed by atoms with E-state index >= 15 is 0 Å². The second-order valence-corrected chi connectivity index (χ2v) is 10.3. The summed E-state index contributed by atoms with van der Waals surface area (Å²) in [7, 11) is 3.13. The molecule has 0 radical (unpaired) electrons. The summed E-state index contributed by atoms with van der Waals surface area (Å²) in [6.07, 6.45) is 1.80. The standard InChI is InChI=1S/C30H30Cl2N4O4/c1-19(2)16-35(29(38)25-7-5-6-8-26(25)32)18-28(37)34-30-33-27(20-9-11-21(31)12-10-20)17-36(30)22-13-23(39-3)15-24(14-22)40-4/h5-15,17,19H,16,18H2,1-4H3,(H,33,34,37). The zero-order valence-corrected chi connectivity index (χ0v) is 24.2. The summed E-state index contributed by atoms with van der Waals surface area (Å²) in [5.41, 5.74) is 2.42. The number of benzene rings is 3. The maximum Gasteiger partial charge on any atom is 0.255 e. The van der Waals surface area contributed by atoms with E-state index in [0.29, 0.717) is 45.0 Å². The highest BCUT2D eigenvalue weighted by Gasteiger charge is 2.23. The Labute approximate surface area is 243 Å². The van der Waals surface area contributed by atoms with Crippen LogP contribution in [-0.4, -0.2) is 53.6 Å². The summed E-state index contributed by atoms with van der Waals surface area (Å²) in [5.74, 6) is 0.799. The van der Waals surface area contributed by atoms with Gasteiger partial charge in [0.2, 0.25) is 11.9 Å². The molecule has 1 N–H and O–H groups in total. The lowest BCUT2D eigenvalue weighted by molar-refractivity contribution is -0.117. The molecule has 8 nitrogen and oxygen atoms in total. The molecule has 0 bridgehead atoms. The van der Waals surface area contributed by atoms with E-state index in [9.17, 15) is 9.59 Å². The number of anilines is 1. The largest absolute Gasteiger partial charge is 0.497 e. The summed E-state index contributed by atoms with van der Waals surface area (Å²) in [5, 5.41) is 3.82. The molecule has 10 heteroatoms. The van der Waals surface area contributed by atoms with Crippen molar-refractivity contribution in [2.24, 2.45) is 5.92 Å². The van der Waals surface area contributed by atoms with Crippen molar-refractivity contribution in [3.05, 3.63) is 88.5 Å². The number of aromatic nitrogens is 2. The maximum atomic E-state index is 13.4. The van der Waals surface area contributed by atoms with E-state index in [1.165, 1.54) is 4.90 Å². The highest BCUT2D eigenvalue weighted by molar-refractivity contribution is 6.33. The monoisotopic (exact) mass is 580 g/mol. The van der Waals surface area contributed by atoms with Crippen molar-refractivity contribution >= 4 is 41.0 Å². The Morgan fingerprint density at radius 1 is 0.975 bits per heavy atom. The van der Waals surface area contributed by atoms with E-state index in [1.54, 1.807) is 79.6 Å². The van der Waals surface area contributed by atoms with Crippen LogP contribution in [0.2, 0.25) is 10.0 Å². The van der Waals surface area contributed by atoms with Gasteiger partial charge in [0.25, 0.3) is 5.91 Å². The van der Waals surface area contributed by atoms with E-state index < -0.39 is 5.91 Å². The van der Waals surface area contributed by atoms with E-state index in [4.69, 9.17) is 37.7 Å². The molecule has 3 aromatic carbocycles. The first-order valence-corrected chi connectivity index (χ1v) is 13.4. The van der Waals surface area contributed by atoms with E-state index in [1.807, 2.05) is 26.0 Å². The Bertz CT molecular complexity index is 1480. The van der Waals surface area contributed by atoms with Gasteiger partial charge in [0.1, 0.15) is 18.0 Å². The van der Waals surface area contributed by atoms with Crippen LogP contribution in [0, 0.1) is 5.92 Å². The Morgan fingerprint density at radius 3 is 2.23 bits per heavy atom. The molecule has 1 heterocycles. The number of amides is 2. The van der Waals surface area contributed by atoms with Gasteiger partial charge in [-0.05, 0) is 30.2 Å². The minimum atomic E-state index is -0.412. The first kappa shape index (κ1) is 29.0. The summed E-state index contributed by atoms with van der Waals surface area (Å²) >= 11 is 12.4. The van der Waals surface area contributed by atoms with Crippen LogP contribution in [0.25, 0.3) is 16.9 Å². The van der Waals surface area contributed by atoms with Crippen LogP contribution < -0.4 is 14.8 Å². The number of carbonyl (C=O) groups excluding carboxylic acids is 2.